The van der Waals surface area contributed by atoms with Crippen LogP contribution in [0.1, 0.15) is 34.1 Å². The summed E-state index contributed by atoms with van der Waals surface area (Å²) in [6.07, 6.45) is 2.38. The van der Waals surface area contributed by atoms with Crippen LogP contribution in [0.15, 0.2) is 35.7 Å². The molecule has 29 heavy (non-hydrogen) atoms. The predicted octanol–water partition coefficient (Wildman–Crippen LogP) is 2.45. The standard InChI is InChI=1S/C21H27N3O4S/c1-27-17-8-7-15(12-18(17)28-2)21(26)23-14-20(25)22-13-16(19-6-5-11-29-19)24-9-3-4-10-24/h5-8,11-12,16H,3-4,9-10,13-14H2,1-2H3,(H,22,25)(H,23,26)/t16-/m0/s1. The number of carbonyl (C=O) groups is 2. The highest BCUT2D eigenvalue weighted by atomic mass is 32.1. The number of thiophene rings is 1. The van der Waals surface area contributed by atoms with Gasteiger partial charge in [-0.15, -0.1) is 11.3 Å². The second kappa shape index (κ2) is 10.3. The zero-order valence-electron chi connectivity index (χ0n) is 16.8. The number of amides is 2. The second-order valence-corrected chi connectivity index (χ2v) is 7.81. The highest BCUT2D eigenvalue weighted by Crippen LogP contribution is 2.28. The number of nitrogens with one attached hydrogen (secondary N) is 2. The minimum absolute atomic E-state index is 0.0790. The maximum atomic E-state index is 12.4. The highest BCUT2D eigenvalue weighted by molar-refractivity contribution is 7.10. The van der Waals surface area contributed by atoms with Crippen LogP contribution in [0.5, 0.6) is 11.5 Å². The summed E-state index contributed by atoms with van der Waals surface area (Å²) in [5, 5.41) is 7.68. The SMILES string of the molecule is COc1ccc(C(=O)NCC(=O)NC[C@@H](c2cccs2)N2CCCC2)cc1OC. The van der Waals surface area contributed by atoms with Crippen LogP contribution in [0.25, 0.3) is 0 Å². The van der Waals surface area contributed by atoms with Gasteiger partial charge in [-0.1, -0.05) is 6.07 Å². The number of hydrogen-bond acceptors (Lipinski definition) is 6. The van der Waals surface area contributed by atoms with Crippen LogP contribution in [0.3, 0.4) is 0 Å². The summed E-state index contributed by atoms with van der Waals surface area (Å²) in [5.74, 6) is 0.465. The molecule has 0 radical (unpaired) electrons. The zero-order chi connectivity index (χ0) is 20.6. The Morgan fingerprint density at radius 2 is 1.86 bits per heavy atom. The summed E-state index contributed by atoms with van der Waals surface area (Å²) in [6, 6.07) is 9.21. The molecule has 1 aromatic carbocycles. The molecule has 0 bridgehead atoms. The molecular weight excluding hydrogens is 390 g/mol. The summed E-state index contributed by atoms with van der Waals surface area (Å²) in [7, 11) is 3.05. The maximum Gasteiger partial charge on any atom is 0.251 e. The first-order valence-corrected chi connectivity index (χ1v) is 10.5. The van der Waals surface area contributed by atoms with Gasteiger partial charge >= 0.3 is 0 Å². The van der Waals surface area contributed by atoms with Crippen molar-refractivity contribution in [3.05, 3.63) is 46.2 Å². The van der Waals surface area contributed by atoms with Gasteiger partial charge in [-0.2, -0.15) is 0 Å². The number of likely N-dealkylation sites (tertiary alicyclic amines) is 1. The van der Waals surface area contributed by atoms with Gasteiger partial charge in [0, 0.05) is 17.0 Å². The number of rotatable bonds is 9. The van der Waals surface area contributed by atoms with Crippen LogP contribution in [0.2, 0.25) is 0 Å². The minimum atomic E-state index is -0.338. The van der Waals surface area contributed by atoms with Crippen LogP contribution in [-0.4, -0.2) is 57.1 Å². The Hall–Kier alpha value is -2.58. The Labute approximate surface area is 175 Å². The third kappa shape index (κ3) is 5.48. The van der Waals surface area contributed by atoms with Crippen molar-refractivity contribution in [1.29, 1.82) is 0 Å². The molecule has 1 fully saturated rings. The van der Waals surface area contributed by atoms with E-state index in [2.05, 4.69) is 27.0 Å². The molecule has 1 atom stereocenters. The van der Waals surface area contributed by atoms with E-state index in [1.54, 1.807) is 29.5 Å². The average Bonchev–Trinajstić information content (AvgIpc) is 3.46. The van der Waals surface area contributed by atoms with Gasteiger partial charge in [0.15, 0.2) is 11.5 Å². The Morgan fingerprint density at radius 1 is 1.10 bits per heavy atom. The molecule has 1 aromatic heterocycles. The van der Waals surface area contributed by atoms with Crippen LogP contribution >= 0.6 is 11.3 Å². The van der Waals surface area contributed by atoms with Gasteiger partial charge in [0.25, 0.3) is 5.91 Å². The van der Waals surface area contributed by atoms with Crippen LogP contribution in [0.4, 0.5) is 0 Å². The average molecular weight is 418 g/mol. The van der Waals surface area contributed by atoms with Crippen molar-refractivity contribution in [2.24, 2.45) is 0 Å². The molecule has 3 rings (SSSR count). The lowest BCUT2D eigenvalue weighted by Gasteiger charge is -2.26. The van der Waals surface area contributed by atoms with Crippen LogP contribution in [-0.2, 0) is 4.79 Å². The minimum Gasteiger partial charge on any atom is -0.493 e. The van der Waals surface area contributed by atoms with E-state index in [4.69, 9.17) is 9.47 Å². The molecule has 156 valence electrons. The molecule has 2 heterocycles. The molecule has 0 spiro atoms. The molecule has 0 aliphatic carbocycles. The van der Waals surface area contributed by atoms with Crippen molar-refractivity contribution < 1.29 is 19.1 Å². The largest absolute Gasteiger partial charge is 0.493 e. The fraction of sp³-hybridized carbons (Fsp3) is 0.429. The molecule has 0 saturated carbocycles. The van der Waals surface area contributed by atoms with E-state index in [-0.39, 0.29) is 24.4 Å². The summed E-state index contributed by atoms with van der Waals surface area (Å²) in [6.45, 7) is 2.55. The molecule has 2 aromatic rings. The molecule has 0 unspecified atom stereocenters. The second-order valence-electron chi connectivity index (χ2n) is 6.83. The lowest BCUT2D eigenvalue weighted by atomic mass is 10.2. The summed E-state index contributed by atoms with van der Waals surface area (Å²) in [5.41, 5.74) is 0.406. The number of methoxy groups -OCH3 is 2. The number of ether oxygens (including phenoxy) is 2. The summed E-state index contributed by atoms with van der Waals surface area (Å²) >= 11 is 1.71. The molecule has 1 aliphatic rings. The van der Waals surface area contributed by atoms with Crippen LogP contribution < -0.4 is 20.1 Å². The van der Waals surface area contributed by atoms with Crippen molar-refractivity contribution in [1.82, 2.24) is 15.5 Å². The first kappa shape index (κ1) is 21.1. The van der Waals surface area contributed by atoms with Gasteiger partial charge in [-0.3, -0.25) is 14.5 Å². The van der Waals surface area contributed by atoms with E-state index < -0.39 is 0 Å². The predicted molar refractivity (Wildman–Crippen MR) is 113 cm³/mol. The quantitative estimate of drug-likeness (QED) is 0.655. The monoisotopic (exact) mass is 417 g/mol. The lowest BCUT2D eigenvalue weighted by molar-refractivity contribution is -0.120. The fourth-order valence-corrected chi connectivity index (χ4v) is 4.32. The van der Waals surface area contributed by atoms with Crippen molar-refractivity contribution in [3.8, 4) is 11.5 Å². The Kier molecular flexibility index (Phi) is 7.48. The van der Waals surface area contributed by atoms with Gasteiger partial charge in [0.1, 0.15) is 0 Å². The Morgan fingerprint density at radius 3 is 2.52 bits per heavy atom. The Bertz CT molecular complexity index is 819. The van der Waals surface area contributed by atoms with Gasteiger partial charge < -0.3 is 20.1 Å². The first-order chi connectivity index (χ1) is 14.1. The van der Waals surface area contributed by atoms with Crippen molar-refractivity contribution in [3.63, 3.8) is 0 Å². The van der Waals surface area contributed by atoms with Crippen LogP contribution in [0, 0.1) is 0 Å². The normalized spacial score (nSPS) is 15.0. The van der Waals surface area contributed by atoms with E-state index in [9.17, 15) is 9.59 Å². The van der Waals surface area contributed by atoms with Gasteiger partial charge in [-0.25, -0.2) is 0 Å². The van der Waals surface area contributed by atoms with E-state index in [1.807, 2.05) is 6.07 Å². The Balaban J connectivity index is 1.52. The third-order valence-electron chi connectivity index (χ3n) is 5.00. The molecule has 2 N–H and O–H groups in total. The number of carbonyl (C=O) groups excluding carboxylic acids is 2. The van der Waals surface area contributed by atoms with E-state index in [0.717, 1.165) is 13.1 Å². The summed E-state index contributed by atoms with van der Waals surface area (Å²) < 4.78 is 10.4. The first-order valence-electron chi connectivity index (χ1n) is 9.66. The molecular formula is C21H27N3O4S. The van der Waals surface area contributed by atoms with E-state index in [0.29, 0.717) is 23.6 Å². The van der Waals surface area contributed by atoms with Crippen molar-refractivity contribution in [2.45, 2.75) is 18.9 Å². The fourth-order valence-electron chi connectivity index (χ4n) is 3.46. The van der Waals surface area contributed by atoms with Gasteiger partial charge in [-0.05, 0) is 55.6 Å². The lowest BCUT2D eigenvalue weighted by Crippen LogP contribution is -2.41. The van der Waals surface area contributed by atoms with Crippen molar-refractivity contribution >= 4 is 23.2 Å². The number of hydrogen-bond donors (Lipinski definition) is 2. The third-order valence-corrected chi connectivity index (χ3v) is 5.97. The number of benzene rings is 1. The smallest absolute Gasteiger partial charge is 0.251 e. The van der Waals surface area contributed by atoms with Gasteiger partial charge in [0.05, 0.1) is 26.8 Å². The molecule has 2 amide bonds. The number of nitrogens with zero attached hydrogens (tertiary/aromatic N) is 1. The highest BCUT2D eigenvalue weighted by Gasteiger charge is 2.24. The molecule has 8 heteroatoms. The molecule has 1 saturated heterocycles. The zero-order valence-corrected chi connectivity index (χ0v) is 17.6. The van der Waals surface area contributed by atoms with Crippen molar-refractivity contribution in [2.75, 3.05) is 40.4 Å². The topological polar surface area (TPSA) is 79.9 Å². The summed E-state index contributed by atoms with van der Waals surface area (Å²) in [4.78, 5) is 28.3. The van der Waals surface area contributed by atoms with Gasteiger partial charge in [0.2, 0.25) is 5.91 Å². The molecule has 7 nitrogen and oxygen atoms in total. The van der Waals surface area contributed by atoms with E-state index in [1.165, 1.54) is 31.9 Å². The maximum absolute atomic E-state index is 12.4. The molecule has 1 aliphatic heterocycles. The van der Waals surface area contributed by atoms with E-state index >= 15 is 0 Å².